The highest BCUT2D eigenvalue weighted by Crippen LogP contribution is 2.24. The molecule has 1 heterocycles. The molecule has 0 amide bonds. The van der Waals surface area contributed by atoms with Crippen molar-refractivity contribution >= 4 is 21.0 Å². The standard InChI is InChI=1S/C10H8N2O3S/c11-5-6-12-7-10(16(13,14)15)8-3-1-2-4-9(8)12/h1-4,7H,6H2,(H,13,14,15). The van der Waals surface area contributed by atoms with Gasteiger partial charge in [0.2, 0.25) is 0 Å². The average Bonchev–Trinajstić information content (AvgIpc) is 2.58. The van der Waals surface area contributed by atoms with E-state index in [-0.39, 0.29) is 11.4 Å². The second-order valence-electron chi connectivity index (χ2n) is 3.27. The van der Waals surface area contributed by atoms with Gasteiger partial charge in [-0.3, -0.25) is 4.55 Å². The van der Waals surface area contributed by atoms with Crippen molar-refractivity contribution in [3.8, 4) is 6.07 Å². The van der Waals surface area contributed by atoms with E-state index in [0.717, 1.165) is 0 Å². The third kappa shape index (κ3) is 1.66. The Balaban J connectivity index is 2.83. The number of fused-ring (bicyclic) bond motifs is 1. The molecule has 0 saturated heterocycles. The molecular weight excluding hydrogens is 228 g/mol. The minimum Gasteiger partial charge on any atom is -0.332 e. The molecule has 16 heavy (non-hydrogen) atoms. The van der Waals surface area contributed by atoms with Crippen molar-refractivity contribution in [2.24, 2.45) is 0 Å². The molecule has 0 spiro atoms. The number of para-hydroxylation sites is 1. The number of nitrogens with zero attached hydrogens (tertiary/aromatic N) is 2. The quantitative estimate of drug-likeness (QED) is 0.799. The summed E-state index contributed by atoms with van der Waals surface area (Å²) in [4.78, 5) is -0.168. The van der Waals surface area contributed by atoms with Gasteiger partial charge in [-0.15, -0.1) is 0 Å². The average molecular weight is 236 g/mol. The fourth-order valence-electron chi connectivity index (χ4n) is 1.63. The van der Waals surface area contributed by atoms with E-state index in [1.54, 1.807) is 24.3 Å². The van der Waals surface area contributed by atoms with Gasteiger partial charge in [-0.1, -0.05) is 18.2 Å². The Morgan fingerprint density at radius 3 is 2.69 bits per heavy atom. The summed E-state index contributed by atoms with van der Waals surface area (Å²) >= 11 is 0. The Labute approximate surface area is 92.3 Å². The number of aromatic nitrogens is 1. The van der Waals surface area contributed by atoms with Crippen LogP contribution in [0, 0.1) is 11.3 Å². The van der Waals surface area contributed by atoms with Crippen molar-refractivity contribution in [3.05, 3.63) is 30.5 Å². The second kappa shape index (κ2) is 3.63. The first-order valence-electron chi connectivity index (χ1n) is 4.46. The molecule has 2 rings (SSSR count). The molecule has 1 aromatic carbocycles. The number of nitriles is 1. The van der Waals surface area contributed by atoms with E-state index in [1.807, 2.05) is 6.07 Å². The highest BCUT2D eigenvalue weighted by Gasteiger charge is 2.17. The molecule has 0 radical (unpaired) electrons. The third-order valence-corrected chi connectivity index (χ3v) is 3.15. The molecule has 0 saturated carbocycles. The molecule has 0 aliphatic heterocycles. The van der Waals surface area contributed by atoms with Crippen molar-refractivity contribution < 1.29 is 13.0 Å². The zero-order valence-corrected chi connectivity index (χ0v) is 8.98. The van der Waals surface area contributed by atoms with Crippen LogP contribution in [0.4, 0.5) is 0 Å². The van der Waals surface area contributed by atoms with Gasteiger partial charge in [0.25, 0.3) is 10.1 Å². The van der Waals surface area contributed by atoms with Crippen molar-refractivity contribution in [2.75, 3.05) is 0 Å². The van der Waals surface area contributed by atoms with Gasteiger partial charge in [-0.2, -0.15) is 13.7 Å². The van der Waals surface area contributed by atoms with E-state index in [4.69, 9.17) is 9.81 Å². The summed E-state index contributed by atoms with van der Waals surface area (Å²) in [6, 6.07) is 8.63. The van der Waals surface area contributed by atoms with Gasteiger partial charge in [-0.25, -0.2) is 0 Å². The van der Waals surface area contributed by atoms with Crippen molar-refractivity contribution in [2.45, 2.75) is 11.4 Å². The van der Waals surface area contributed by atoms with Crippen LogP contribution in [0.25, 0.3) is 10.9 Å². The van der Waals surface area contributed by atoms with Gasteiger partial charge in [0.05, 0.1) is 11.6 Å². The summed E-state index contributed by atoms with van der Waals surface area (Å²) in [7, 11) is -4.26. The first-order valence-corrected chi connectivity index (χ1v) is 5.90. The maximum atomic E-state index is 11.1. The second-order valence-corrected chi connectivity index (χ2v) is 4.66. The zero-order valence-electron chi connectivity index (χ0n) is 8.16. The lowest BCUT2D eigenvalue weighted by atomic mass is 10.2. The summed E-state index contributed by atoms with van der Waals surface area (Å²) in [5, 5.41) is 9.03. The van der Waals surface area contributed by atoms with E-state index in [1.165, 1.54) is 10.8 Å². The lowest BCUT2D eigenvalue weighted by Crippen LogP contribution is -1.97. The van der Waals surface area contributed by atoms with Crippen LogP contribution >= 0.6 is 0 Å². The molecule has 1 aromatic heterocycles. The zero-order chi connectivity index (χ0) is 11.8. The van der Waals surface area contributed by atoms with Gasteiger partial charge in [0, 0.05) is 11.6 Å². The molecule has 0 bridgehead atoms. The first kappa shape index (κ1) is 10.7. The maximum Gasteiger partial charge on any atom is 0.296 e. The fourth-order valence-corrected chi connectivity index (χ4v) is 2.34. The molecule has 0 aliphatic carbocycles. The molecule has 0 fully saturated rings. The largest absolute Gasteiger partial charge is 0.332 e. The van der Waals surface area contributed by atoms with Crippen molar-refractivity contribution in [3.63, 3.8) is 0 Å². The summed E-state index contributed by atoms with van der Waals surface area (Å²) < 4.78 is 32.8. The topological polar surface area (TPSA) is 83.1 Å². The van der Waals surface area contributed by atoms with Crippen LogP contribution < -0.4 is 0 Å². The number of hydrogen-bond acceptors (Lipinski definition) is 3. The van der Waals surface area contributed by atoms with E-state index >= 15 is 0 Å². The molecular formula is C10H8N2O3S. The Hall–Kier alpha value is -1.84. The van der Waals surface area contributed by atoms with Crippen LogP contribution in [0.3, 0.4) is 0 Å². The number of benzene rings is 1. The SMILES string of the molecule is N#CCn1cc(S(=O)(=O)O)c2ccccc21. The maximum absolute atomic E-state index is 11.1. The van der Waals surface area contributed by atoms with Crippen LogP contribution in [0.2, 0.25) is 0 Å². The normalized spacial score (nSPS) is 11.5. The van der Waals surface area contributed by atoms with Gasteiger partial charge >= 0.3 is 0 Å². The van der Waals surface area contributed by atoms with Crippen LogP contribution in [0.1, 0.15) is 0 Å². The Morgan fingerprint density at radius 2 is 2.06 bits per heavy atom. The van der Waals surface area contributed by atoms with E-state index in [0.29, 0.717) is 10.9 Å². The molecule has 0 aliphatic rings. The van der Waals surface area contributed by atoms with E-state index in [9.17, 15) is 8.42 Å². The van der Waals surface area contributed by atoms with Gasteiger partial charge in [-0.05, 0) is 6.07 Å². The van der Waals surface area contributed by atoms with E-state index < -0.39 is 10.1 Å². The number of rotatable bonds is 2. The molecule has 0 atom stereocenters. The van der Waals surface area contributed by atoms with Gasteiger partial charge < -0.3 is 4.57 Å². The monoisotopic (exact) mass is 236 g/mol. The Bertz CT molecular complexity index is 680. The summed E-state index contributed by atoms with van der Waals surface area (Å²) in [5.41, 5.74) is 0.608. The lowest BCUT2D eigenvalue weighted by molar-refractivity contribution is 0.484. The van der Waals surface area contributed by atoms with Crippen LogP contribution in [0.5, 0.6) is 0 Å². The first-order chi connectivity index (χ1) is 7.54. The molecule has 5 nitrogen and oxygen atoms in total. The predicted octanol–water partition coefficient (Wildman–Crippen LogP) is 1.41. The highest BCUT2D eigenvalue weighted by molar-refractivity contribution is 7.86. The molecule has 1 N–H and O–H groups in total. The predicted molar refractivity (Wildman–Crippen MR) is 57.4 cm³/mol. The fraction of sp³-hybridized carbons (Fsp3) is 0.100. The Kier molecular flexibility index (Phi) is 2.42. The summed E-state index contributed by atoms with van der Waals surface area (Å²) in [6.45, 7) is 0.0377. The lowest BCUT2D eigenvalue weighted by Gasteiger charge is -1.96. The molecule has 6 heteroatoms. The minimum atomic E-state index is -4.26. The van der Waals surface area contributed by atoms with Gasteiger partial charge in [0.15, 0.2) is 0 Å². The third-order valence-electron chi connectivity index (χ3n) is 2.27. The Morgan fingerprint density at radius 1 is 1.38 bits per heavy atom. The van der Waals surface area contributed by atoms with Crippen molar-refractivity contribution in [1.82, 2.24) is 4.57 Å². The van der Waals surface area contributed by atoms with Crippen molar-refractivity contribution in [1.29, 1.82) is 5.26 Å². The smallest absolute Gasteiger partial charge is 0.296 e. The minimum absolute atomic E-state index is 0.0377. The van der Waals surface area contributed by atoms with E-state index in [2.05, 4.69) is 0 Å². The van der Waals surface area contributed by atoms with Crippen LogP contribution in [-0.4, -0.2) is 17.5 Å². The molecule has 82 valence electrons. The molecule has 2 aromatic rings. The van der Waals surface area contributed by atoms with Crippen LogP contribution in [-0.2, 0) is 16.7 Å². The van der Waals surface area contributed by atoms with Crippen LogP contribution in [0.15, 0.2) is 35.4 Å². The number of hydrogen-bond donors (Lipinski definition) is 1. The summed E-state index contributed by atoms with van der Waals surface area (Å²) in [6.07, 6.45) is 1.27. The van der Waals surface area contributed by atoms with Gasteiger partial charge in [0.1, 0.15) is 11.4 Å². The molecule has 0 unspecified atom stereocenters. The summed E-state index contributed by atoms with van der Waals surface area (Å²) in [5.74, 6) is 0. The highest BCUT2D eigenvalue weighted by atomic mass is 32.2.